The van der Waals surface area contributed by atoms with E-state index in [-0.39, 0.29) is 7.25 Å². The van der Waals surface area contributed by atoms with Crippen LogP contribution in [0.3, 0.4) is 0 Å². The summed E-state index contributed by atoms with van der Waals surface area (Å²) in [5.74, 6) is 5.15. The fourth-order valence-corrected chi connectivity index (χ4v) is 45.1. The van der Waals surface area contributed by atoms with Crippen molar-refractivity contribution < 1.29 is 17.4 Å². The molecule has 0 aromatic heterocycles. The number of fused-ring (bicyclic) bond motifs is 10. The summed E-state index contributed by atoms with van der Waals surface area (Å²) < 4.78 is 6.67. The molecule has 0 heterocycles. The normalized spacial score (nSPS) is 25.7. The van der Waals surface area contributed by atoms with E-state index in [4.69, 9.17) is 0 Å². The van der Waals surface area contributed by atoms with E-state index in [0.717, 1.165) is 35.5 Å². The van der Waals surface area contributed by atoms with Crippen molar-refractivity contribution in [3.05, 3.63) is 276 Å². The van der Waals surface area contributed by atoms with Crippen LogP contribution < -0.4 is 0 Å². The summed E-state index contributed by atoms with van der Waals surface area (Å²) in [5.41, 5.74) is 21.9. The van der Waals surface area contributed by atoms with E-state index in [1.807, 2.05) is 0 Å². The Bertz CT molecular complexity index is 5410. The monoisotopic (exact) mass is 1380 g/mol. The van der Waals surface area contributed by atoms with Crippen molar-refractivity contribution in [3.63, 3.8) is 0 Å². The summed E-state index contributed by atoms with van der Waals surface area (Å²) in [7, 11) is 0. The molecule has 486 valence electrons. The van der Waals surface area contributed by atoms with Gasteiger partial charge in [0.2, 0.25) is 0 Å². The van der Waals surface area contributed by atoms with Gasteiger partial charge in [0, 0.05) is 0 Å². The number of hydrogen-bond acceptors (Lipinski definition) is 0. The van der Waals surface area contributed by atoms with Crippen LogP contribution in [0.25, 0.3) is 143 Å². The first kappa shape index (κ1) is 59.4. The minimum atomic E-state index is -5.01. The molecule has 10 aliphatic rings. The molecule has 0 saturated heterocycles. The van der Waals surface area contributed by atoms with Gasteiger partial charge in [0.05, 0.1) is 0 Å². The molecule has 0 amide bonds. The van der Waals surface area contributed by atoms with Crippen molar-refractivity contribution in [2.45, 2.75) is 106 Å². The summed E-state index contributed by atoms with van der Waals surface area (Å²) in [6, 6.07) is 96.0. The van der Waals surface area contributed by atoms with Gasteiger partial charge in [0.25, 0.3) is 0 Å². The van der Waals surface area contributed by atoms with E-state index in [0.29, 0.717) is 10.8 Å². The van der Waals surface area contributed by atoms with Crippen LogP contribution in [0.1, 0.15) is 119 Å². The molecular formula is C98H86SiZr. The molecule has 24 rings (SSSR count). The summed E-state index contributed by atoms with van der Waals surface area (Å²) in [5, 5.41) is 21.5. The van der Waals surface area contributed by atoms with Gasteiger partial charge in [-0.25, -0.2) is 0 Å². The molecule has 2 atom stereocenters. The quantitative estimate of drug-likeness (QED) is 0.0946. The first-order chi connectivity index (χ1) is 48.9. The van der Waals surface area contributed by atoms with Gasteiger partial charge in [0.15, 0.2) is 0 Å². The molecule has 14 aromatic carbocycles. The van der Waals surface area contributed by atoms with Gasteiger partial charge in [-0.2, -0.15) is 0 Å². The Kier molecular flexibility index (Phi) is 12.9. The zero-order valence-corrected chi connectivity index (χ0v) is 61.8. The molecule has 0 radical (unpaired) electrons. The van der Waals surface area contributed by atoms with Crippen LogP contribution in [0.4, 0.5) is 0 Å². The van der Waals surface area contributed by atoms with E-state index in [2.05, 4.69) is 271 Å². The zero-order valence-electron chi connectivity index (χ0n) is 58.0. The molecule has 8 saturated carbocycles. The van der Waals surface area contributed by atoms with Crippen LogP contribution in [0.15, 0.2) is 254 Å². The molecule has 10 aliphatic carbocycles. The third-order valence-corrected chi connectivity index (χ3v) is 45.5. The second-order valence-electron chi connectivity index (χ2n) is 35.2. The third kappa shape index (κ3) is 8.90. The second kappa shape index (κ2) is 21.6. The predicted octanol–water partition coefficient (Wildman–Crippen LogP) is 26.7. The third-order valence-electron chi connectivity index (χ3n) is 28.1. The van der Waals surface area contributed by atoms with Crippen LogP contribution in [0.2, 0.25) is 9.26 Å². The number of hydrogen-bond donors (Lipinski definition) is 0. The minimum absolute atomic E-state index is 0.242. The Balaban J connectivity index is 0.892. The van der Waals surface area contributed by atoms with Gasteiger partial charge >= 0.3 is 596 Å². The Morgan fingerprint density at radius 3 is 0.740 bits per heavy atom. The summed E-state index contributed by atoms with van der Waals surface area (Å²) in [6.07, 6.45) is 25.5. The van der Waals surface area contributed by atoms with E-state index < -0.39 is 17.4 Å². The molecule has 0 aliphatic heterocycles. The van der Waals surface area contributed by atoms with E-state index in [1.54, 1.807) is 22.3 Å². The van der Waals surface area contributed by atoms with E-state index in [1.165, 1.54) is 232 Å². The molecule has 0 spiro atoms. The summed E-state index contributed by atoms with van der Waals surface area (Å²) in [6.45, 7) is 2.69. The van der Waals surface area contributed by atoms with Crippen molar-refractivity contribution in [2.75, 3.05) is 0 Å². The number of rotatable bonds is 10. The van der Waals surface area contributed by atoms with E-state index >= 15 is 0 Å². The van der Waals surface area contributed by atoms with Gasteiger partial charge in [-0.15, -0.1) is 0 Å². The molecule has 0 nitrogen and oxygen atoms in total. The standard InChI is InChI=1S/2C48H39.2CH3.H2Si.Zr/c2*1-5-13-38-34(9-1)24-35-10-2-6-14-39(35)46(38)42-17-18-43(47-40-15-7-3-11-36(40)25-37-12-4-8-16-41(37)47)45-23-33(22-44(42)45)29-48-26-30-19-31(27-48)21-32(20-30)28-48;;;;/h2*1-18,22-25,30-32H,19-21,26-29H2;2*1H3;1H2;. The molecular weight excluding hydrogens is 1300 g/mol. The Labute approximate surface area is 591 Å². The molecule has 100 heavy (non-hydrogen) atoms. The van der Waals surface area contributed by atoms with Gasteiger partial charge in [-0.3, -0.25) is 0 Å². The summed E-state index contributed by atoms with van der Waals surface area (Å²) >= 11 is -5.01. The van der Waals surface area contributed by atoms with Crippen LogP contribution in [0, 0.1) is 46.3 Å². The predicted molar refractivity (Wildman–Crippen MR) is 427 cm³/mol. The molecule has 2 unspecified atom stereocenters. The summed E-state index contributed by atoms with van der Waals surface area (Å²) in [4.78, 5) is 0. The Morgan fingerprint density at radius 2 is 0.500 bits per heavy atom. The molecule has 8 fully saturated rings. The van der Waals surface area contributed by atoms with E-state index in [9.17, 15) is 0 Å². The first-order valence-corrected chi connectivity index (χ1v) is 52.0. The molecule has 14 aromatic rings. The first-order valence-electron chi connectivity index (χ1n) is 38.4. The van der Waals surface area contributed by atoms with Gasteiger partial charge < -0.3 is 0 Å². The van der Waals surface area contributed by atoms with Crippen LogP contribution in [-0.2, 0) is 17.4 Å². The van der Waals surface area contributed by atoms with Crippen molar-refractivity contribution in [3.8, 4) is 44.5 Å². The average Bonchev–Trinajstić information content (AvgIpc) is 1.47. The van der Waals surface area contributed by atoms with Gasteiger partial charge in [-0.1, -0.05) is 0 Å². The fraction of sp³-hybridized carbons (Fsp3) is 0.265. The average molecular weight is 1380 g/mol. The maximum atomic E-state index is 3.09. The molecule has 0 N–H and O–H groups in total. The van der Waals surface area contributed by atoms with Crippen molar-refractivity contribution in [2.24, 2.45) is 46.3 Å². The zero-order chi connectivity index (χ0) is 66.0. The number of allylic oxidation sites excluding steroid dienone is 2. The Morgan fingerprint density at radius 1 is 0.290 bits per heavy atom. The van der Waals surface area contributed by atoms with Gasteiger partial charge in [0.1, 0.15) is 0 Å². The van der Waals surface area contributed by atoms with Crippen molar-refractivity contribution in [1.29, 1.82) is 0 Å². The topological polar surface area (TPSA) is 0 Å². The van der Waals surface area contributed by atoms with Crippen molar-refractivity contribution in [1.82, 2.24) is 0 Å². The maximum absolute atomic E-state index is 5.01. The Hall–Kier alpha value is -8.26. The SMILES string of the molecule is [CH3][Zr]([CH3])(=[SiH2])([CH]1C(CC23CC4CC(CC(C4)C2)C3)=Cc2c(-c3c4ccccc4cc4ccccc34)ccc(-c3c4ccccc4cc4ccccc34)c21)[CH]1C(CC23CC4CC(CC(C4)C2)C3)=Cc2c(-c3c4ccccc4cc4ccccc34)ccc(-c3c4ccccc4cc4ccccc34)c21. The molecule has 8 bridgehead atoms. The number of benzene rings is 14. The molecule has 2 heteroatoms. The van der Waals surface area contributed by atoms with Crippen LogP contribution >= 0.6 is 0 Å². The van der Waals surface area contributed by atoms with Crippen LogP contribution in [0.5, 0.6) is 0 Å². The fourth-order valence-electron chi connectivity index (χ4n) is 25.7. The van der Waals surface area contributed by atoms with Crippen molar-refractivity contribution >= 4 is 105 Å². The van der Waals surface area contributed by atoms with Gasteiger partial charge in [-0.05, 0) is 0 Å². The second-order valence-corrected chi connectivity index (χ2v) is 65.7. The van der Waals surface area contributed by atoms with Crippen LogP contribution in [-0.4, -0.2) is 6.88 Å².